The average molecular weight is 719 g/mol. The van der Waals surface area contributed by atoms with Gasteiger partial charge >= 0.3 is 0 Å². The van der Waals surface area contributed by atoms with Crippen LogP contribution in [0.15, 0.2) is 206 Å². The maximum Gasteiger partial charge on any atom is 0.160 e. The fourth-order valence-electron chi connectivity index (χ4n) is 7.42. The van der Waals surface area contributed by atoms with Crippen molar-refractivity contribution < 1.29 is 0 Å². The summed E-state index contributed by atoms with van der Waals surface area (Å²) < 4.78 is 2.60. The number of benzene rings is 8. The molecule has 3 heteroatoms. The van der Waals surface area contributed by atoms with Crippen molar-refractivity contribution in [2.24, 2.45) is 0 Å². The topological polar surface area (TPSA) is 25.8 Å². The molecule has 55 heavy (non-hydrogen) atoms. The van der Waals surface area contributed by atoms with E-state index in [0.717, 1.165) is 44.8 Å². The lowest BCUT2D eigenvalue weighted by molar-refractivity contribution is 1.18. The SMILES string of the molecule is c1ccc(-c2ccc(-c3ccc(-c4cc(-c5ccc6sc7ccccc7c6c5)cc(-c5cc(-c6ccccc6)nc(-c6ccccc6)n5)c4)cc3)cc2)cc1. The van der Waals surface area contributed by atoms with E-state index < -0.39 is 0 Å². The molecule has 0 atom stereocenters. The number of rotatable bonds is 7. The van der Waals surface area contributed by atoms with E-state index >= 15 is 0 Å². The zero-order chi connectivity index (χ0) is 36.6. The number of thiophene rings is 1. The lowest BCUT2D eigenvalue weighted by Crippen LogP contribution is -1.96. The molecule has 0 radical (unpaired) electrons. The molecule has 0 aliphatic rings. The molecule has 0 fully saturated rings. The van der Waals surface area contributed by atoms with Crippen molar-refractivity contribution >= 4 is 31.5 Å². The molecular formula is C52H34N2S. The fourth-order valence-corrected chi connectivity index (χ4v) is 8.51. The van der Waals surface area contributed by atoms with E-state index in [0.29, 0.717) is 5.82 Å². The minimum Gasteiger partial charge on any atom is -0.228 e. The van der Waals surface area contributed by atoms with E-state index in [-0.39, 0.29) is 0 Å². The first kappa shape index (κ1) is 32.7. The Bertz CT molecular complexity index is 2880. The summed E-state index contributed by atoms with van der Waals surface area (Å²) in [5, 5.41) is 2.58. The molecule has 2 heterocycles. The first-order valence-corrected chi connectivity index (χ1v) is 19.4. The van der Waals surface area contributed by atoms with Gasteiger partial charge in [0.25, 0.3) is 0 Å². The molecule has 2 nitrogen and oxygen atoms in total. The summed E-state index contributed by atoms with van der Waals surface area (Å²) >= 11 is 1.85. The highest BCUT2D eigenvalue weighted by Crippen LogP contribution is 2.39. The summed E-state index contributed by atoms with van der Waals surface area (Å²) in [6, 6.07) is 73.5. The molecule has 10 rings (SSSR count). The van der Waals surface area contributed by atoms with Crippen LogP contribution >= 0.6 is 11.3 Å². The van der Waals surface area contributed by atoms with Gasteiger partial charge in [-0.25, -0.2) is 9.97 Å². The van der Waals surface area contributed by atoms with Gasteiger partial charge in [-0.05, 0) is 87.0 Å². The van der Waals surface area contributed by atoms with Crippen LogP contribution in [-0.2, 0) is 0 Å². The Hall–Kier alpha value is -6.94. The van der Waals surface area contributed by atoms with Gasteiger partial charge in [0.1, 0.15) is 0 Å². The highest BCUT2D eigenvalue weighted by molar-refractivity contribution is 7.25. The van der Waals surface area contributed by atoms with Crippen LogP contribution in [0.2, 0.25) is 0 Å². The van der Waals surface area contributed by atoms with Gasteiger partial charge in [0.2, 0.25) is 0 Å². The van der Waals surface area contributed by atoms with Gasteiger partial charge in [0.15, 0.2) is 5.82 Å². The first-order valence-electron chi connectivity index (χ1n) is 18.6. The molecule has 258 valence electrons. The van der Waals surface area contributed by atoms with Crippen LogP contribution in [0.25, 0.3) is 98.6 Å². The lowest BCUT2D eigenvalue weighted by atomic mass is 9.93. The van der Waals surface area contributed by atoms with Gasteiger partial charge in [0, 0.05) is 36.9 Å². The van der Waals surface area contributed by atoms with Crippen LogP contribution in [0.4, 0.5) is 0 Å². The number of nitrogens with zero attached hydrogens (tertiary/aromatic N) is 2. The summed E-state index contributed by atoms with van der Waals surface area (Å²) in [6.45, 7) is 0. The van der Waals surface area contributed by atoms with Gasteiger partial charge in [0.05, 0.1) is 11.4 Å². The molecule has 0 aliphatic carbocycles. The van der Waals surface area contributed by atoms with Gasteiger partial charge in [-0.15, -0.1) is 11.3 Å². The Kier molecular flexibility index (Phi) is 8.40. The van der Waals surface area contributed by atoms with Crippen molar-refractivity contribution in [2.75, 3.05) is 0 Å². The predicted octanol–water partition coefficient (Wildman–Crippen LogP) is 14.5. The third-order valence-electron chi connectivity index (χ3n) is 10.3. The maximum atomic E-state index is 5.22. The summed E-state index contributed by atoms with van der Waals surface area (Å²) in [5.74, 6) is 0.706. The van der Waals surface area contributed by atoms with Gasteiger partial charge in [-0.3, -0.25) is 0 Å². The molecule has 0 saturated carbocycles. The minimum absolute atomic E-state index is 0.706. The molecular weight excluding hydrogens is 685 g/mol. The average Bonchev–Trinajstić information content (AvgIpc) is 3.65. The van der Waals surface area contributed by atoms with Crippen molar-refractivity contribution in [3.05, 3.63) is 206 Å². The van der Waals surface area contributed by atoms with Crippen LogP contribution in [0.1, 0.15) is 0 Å². The minimum atomic E-state index is 0.706. The highest BCUT2D eigenvalue weighted by atomic mass is 32.1. The van der Waals surface area contributed by atoms with E-state index in [2.05, 4.69) is 182 Å². The Labute approximate surface area is 324 Å². The number of aromatic nitrogens is 2. The second-order valence-corrected chi connectivity index (χ2v) is 14.9. The third kappa shape index (κ3) is 6.52. The van der Waals surface area contributed by atoms with Gasteiger partial charge in [-0.2, -0.15) is 0 Å². The second-order valence-electron chi connectivity index (χ2n) is 13.8. The zero-order valence-electron chi connectivity index (χ0n) is 29.9. The third-order valence-corrected chi connectivity index (χ3v) is 11.5. The van der Waals surface area contributed by atoms with Gasteiger partial charge in [-0.1, -0.05) is 164 Å². The smallest absolute Gasteiger partial charge is 0.160 e. The molecule has 10 aromatic rings. The maximum absolute atomic E-state index is 5.22. The normalized spacial score (nSPS) is 11.3. The van der Waals surface area contributed by atoms with Crippen molar-refractivity contribution in [2.45, 2.75) is 0 Å². The van der Waals surface area contributed by atoms with Crippen LogP contribution in [-0.4, -0.2) is 9.97 Å². The largest absolute Gasteiger partial charge is 0.228 e. The van der Waals surface area contributed by atoms with E-state index in [4.69, 9.17) is 9.97 Å². The molecule has 8 aromatic carbocycles. The second kappa shape index (κ2) is 14.1. The van der Waals surface area contributed by atoms with Crippen molar-refractivity contribution in [1.82, 2.24) is 9.97 Å². The van der Waals surface area contributed by atoms with Crippen LogP contribution in [0.5, 0.6) is 0 Å². The molecule has 0 aliphatic heterocycles. The lowest BCUT2D eigenvalue weighted by Gasteiger charge is -2.14. The van der Waals surface area contributed by atoms with Gasteiger partial charge < -0.3 is 0 Å². The first-order chi connectivity index (χ1) is 27.2. The number of hydrogen-bond donors (Lipinski definition) is 0. The van der Waals surface area contributed by atoms with E-state index in [1.165, 1.54) is 48.0 Å². The zero-order valence-corrected chi connectivity index (χ0v) is 30.7. The quantitative estimate of drug-likeness (QED) is 0.164. The number of fused-ring (bicyclic) bond motifs is 3. The Balaban J connectivity index is 1.11. The summed E-state index contributed by atoms with van der Waals surface area (Å²) in [7, 11) is 0. The van der Waals surface area contributed by atoms with Crippen LogP contribution in [0, 0.1) is 0 Å². The summed E-state index contributed by atoms with van der Waals surface area (Å²) in [6.07, 6.45) is 0. The molecule has 0 unspecified atom stereocenters. The Morgan fingerprint density at radius 2 is 0.673 bits per heavy atom. The Morgan fingerprint density at radius 1 is 0.255 bits per heavy atom. The van der Waals surface area contributed by atoms with Crippen molar-refractivity contribution in [1.29, 1.82) is 0 Å². The van der Waals surface area contributed by atoms with Crippen LogP contribution < -0.4 is 0 Å². The van der Waals surface area contributed by atoms with E-state index in [9.17, 15) is 0 Å². The van der Waals surface area contributed by atoms with E-state index in [1.807, 2.05) is 35.6 Å². The molecule has 2 aromatic heterocycles. The standard InChI is InChI=1S/C52H34N2S/c1-4-12-35(13-5-1)36-20-22-37(23-21-36)38-24-26-39(27-25-38)43-30-44(42-28-29-51-47(33-42)46-18-10-11-19-50(46)55-51)32-45(31-43)49-34-48(40-14-6-2-7-15-40)53-52(54-49)41-16-8-3-9-17-41/h1-34H. The monoisotopic (exact) mass is 718 g/mol. The molecule has 0 saturated heterocycles. The van der Waals surface area contributed by atoms with E-state index in [1.54, 1.807) is 0 Å². The molecule has 0 N–H and O–H groups in total. The molecule has 0 bridgehead atoms. The summed E-state index contributed by atoms with van der Waals surface area (Å²) in [5.41, 5.74) is 14.3. The van der Waals surface area contributed by atoms with Crippen molar-refractivity contribution in [3.8, 4) is 78.4 Å². The number of hydrogen-bond acceptors (Lipinski definition) is 3. The molecule has 0 amide bonds. The predicted molar refractivity (Wildman–Crippen MR) is 233 cm³/mol. The fraction of sp³-hybridized carbons (Fsp3) is 0. The highest BCUT2D eigenvalue weighted by Gasteiger charge is 2.15. The van der Waals surface area contributed by atoms with Crippen LogP contribution in [0.3, 0.4) is 0 Å². The Morgan fingerprint density at radius 3 is 1.29 bits per heavy atom. The summed E-state index contributed by atoms with van der Waals surface area (Å²) in [4.78, 5) is 10.3. The molecule has 0 spiro atoms. The van der Waals surface area contributed by atoms with Crippen molar-refractivity contribution in [3.63, 3.8) is 0 Å².